The van der Waals surface area contributed by atoms with Crippen LogP contribution in [0.2, 0.25) is 10.0 Å². The molecule has 8 rings (SSSR count). The normalized spacial score (nSPS) is 22.0. The van der Waals surface area contributed by atoms with Gasteiger partial charge in [-0.15, -0.1) is 0 Å². The monoisotopic (exact) mass is 689 g/mol. The van der Waals surface area contributed by atoms with Crippen LogP contribution in [0.5, 0.6) is 11.5 Å². The number of ether oxygens (including phenoxy) is 4. The number of carbonyl (C=O) groups is 1. The van der Waals surface area contributed by atoms with Crippen LogP contribution in [0.4, 0.5) is 5.69 Å². The van der Waals surface area contributed by atoms with E-state index in [0.717, 1.165) is 30.1 Å². The summed E-state index contributed by atoms with van der Waals surface area (Å²) in [5, 5.41) is 5.33. The fraction of sp³-hybridized carbons (Fsp3) is 0.353. The Morgan fingerprint density at radius 2 is 1.94 bits per heavy atom. The molecule has 0 bridgehead atoms. The van der Waals surface area contributed by atoms with E-state index >= 15 is 0 Å². The Bertz CT molecular complexity index is 1990. The van der Waals surface area contributed by atoms with Gasteiger partial charge < -0.3 is 28.4 Å². The maximum absolute atomic E-state index is 12.5. The first kappa shape index (κ1) is 30.9. The number of nitrogens with zero attached hydrogens (tertiary/aromatic N) is 7. The van der Waals surface area contributed by atoms with Gasteiger partial charge in [0.05, 0.1) is 72.3 Å². The van der Waals surface area contributed by atoms with Crippen LogP contribution < -0.4 is 14.4 Å². The van der Waals surface area contributed by atoms with Crippen molar-refractivity contribution < 1.29 is 23.7 Å². The molecule has 1 unspecified atom stereocenters. The molecule has 5 aromatic rings. The van der Waals surface area contributed by atoms with Gasteiger partial charge in [0.25, 0.3) is 5.79 Å². The highest BCUT2D eigenvalue weighted by molar-refractivity contribution is 6.35. The van der Waals surface area contributed by atoms with Gasteiger partial charge in [-0.1, -0.05) is 29.3 Å². The van der Waals surface area contributed by atoms with E-state index in [1.54, 1.807) is 30.6 Å². The van der Waals surface area contributed by atoms with Crippen molar-refractivity contribution in [3.63, 3.8) is 0 Å². The van der Waals surface area contributed by atoms with E-state index in [0.29, 0.717) is 71.2 Å². The molecule has 2 saturated heterocycles. The molecule has 0 aliphatic carbocycles. The van der Waals surface area contributed by atoms with E-state index in [-0.39, 0.29) is 12.1 Å². The number of pyridine rings is 1. The molecule has 0 spiro atoms. The van der Waals surface area contributed by atoms with E-state index in [9.17, 15) is 4.79 Å². The summed E-state index contributed by atoms with van der Waals surface area (Å²) in [5.41, 5.74) is 3.39. The van der Waals surface area contributed by atoms with Gasteiger partial charge in [0.15, 0.2) is 11.5 Å². The number of halogens is 2. The van der Waals surface area contributed by atoms with Crippen molar-refractivity contribution in [2.45, 2.75) is 44.4 Å². The number of carbonyl (C=O) groups excluding carboxylic acids is 1. The van der Waals surface area contributed by atoms with Crippen LogP contribution in [-0.4, -0.2) is 80.7 Å². The van der Waals surface area contributed by atoms with Crippen molar-refractivity contribution in [1.29, 1.82) is 0 Å². The number of hydrogen-bond donors (Lipinski definition) is 0. The lowest BCUT2D eigenvalue weighted by molar-refractivity contribution is -0.0716. The molecular formula is C34H33Cl2N7O5. The highest BCUT2D eigenvalue weighted by Gasteiger charge is 2.46. The van der Waals surface area contributed by atoms with Gasteiger partial charge in [-0.25, -0.2) is 9.78 Å². The number of methoxy groups -OCH3 is 1. The van der Waals surface area contributed by atoms with Crippen LogP contribution in [0.1, 0.15) is 28.8 Å². The molecule has 0 saturated carbocycles. The van der Waals surface area contributed by atoms with Crippen LogP contribution in [0, 0.1) is 0 Å². The molecular weight excluding hydrogens is 657 g/mol. The summed E-state index contributed by atoms with van der Waals surface area (Å²) in [6.07, 6.45) is 5.28. The highest BCUT2D eigenvalue weighted by Crippen LogP contribution is 2.50. The molecule has 12 nitrogen and oxygen atoms in total. The number of fused-ring (bicyclic) bond motifs is 3. The molecule has 14 heteroatoms. The summed E-state index contributed by atoms with van der Waals surface area (Å²) >= 11 is 12.8. The summed E-state index contributed by atoms with van der Waals surface area (Å²) in [7, 11) is 1.36. The summed E-state index contributed by atoms with van der Waals surface area (Å²) in [5.74, 6) is 0.671. The number of benzene rings is 2. The second-order valence-corrected chi connectivity index (χ2v) is 13.1. The number of piperazine rings is 1. The summed E-state index contributed by atoms with van der Waals surface area (Å²) < 4.78 is 28.0. The lowest BCUT2D eigenvalue weighted by Crippen LogP contribution is -2.59. The van der Waals surface area contributed by atoms with E-state index in [1.807, 2.05) is 42.1 Å². The number of para-hydroxylation sites is 1. The Balaban J connectivity index is 1.08. The summed E-state index contributed by atoms with van der Waals surface area (Å²) in [4.78, 5) is 26.8. The Hall–Kier alpha value is -4.36. The Morgan fingerprint density at radius 3 is 2.73 bits per heavy atom. The molecule has 0 radical (unpaired) electrons. The predicted molar refractivity (Wildman–Crippen MR) is 179 cm³/mol. The maximum atomic E-state index is 12.5. The first-order chi connectivity index (χ1) is 23.3. The van der Waals surface area contributed by atoms with Gasteiger partial charge >= 0.3 is 5.97 Å². The molecule has 3 aliphatic rings. The standard InChI is InChI=1S/C34H33Cl2N7O5/c1-34(29-8-7-22(35)17-37-29)47-28-6-3-5-24(32(28)48-34)42-13-11-40(26-19-46-20-27(26)42)18-30-39-31-23(36)15-21(33(44)45-2)16-25(31)43(30)14-12-41-10-4-9-38-41/h3-10,15-17,26-27H,11-14,18-20H2,1-2H3/t26-,27+,34?/m0/s1. The number of anilines is 1. The van der Waals surface area contributed by atoms with Crippen LogP contribution >= 0.6 is 23.2 Å². The zero-order valence-corrected chi connectivity index (χ0v) is 27.9. The zero-order chi connectivity index (χ0) is 33.0. The van der Waals surface area contributed by atoms with Crippen LogP contribution in [0.25, 0.3) is 11.0 Å². The number of aryl methyl sites for hydroxylation is 2. The van der Waals surface area contributed by atoms with Crippen molar-refractivity contribution in [3.05, 3.63) is 94.2 Å². The molecule has 248 valence electrons. The van der Waals surface area contributed by atoms with E-state index in [2.05, 4.69) is 30.5 Å². The number of esters is 1. The smallest absolute Gasteiger partial charge is 0.337 e. The van der Waals surface area contributed by atoms with Gasteiger partial charge in [0, 0.05) is 45.1 Å². The average molecular weight is 691 g/mol. The second-order valence-electron chi connectivity index (χ2n) is 12.2. The van der Waals surface area contributed by atoms with Crippen LogP contribution in [0.15, 0.2) is 67.1 Å². The summed E-state index contributed by atoms with van der Waals surface area (Å²) in [6.45, 7) is 6.31. The zero-order valence-electron chi connectivity index (χ0n) is 26.4. The molecule has 2 aromatic carbocycles. The van der Waals surface area contributed by atoms with Crippen LogP contribution in [0.3, 0.4) is 0 Å². The number of rotatable bonds is 8. The van der Waals surface area contributed by atoms with Gasteiger partial charge in [-0.3, -0.25) is 14.6 Å². The number of aromatic nitrogens is 5. The first-order valence-electron chi connectivity index (χ1n) is 15.8. The van der Waals surface area contributed by atoms with Crippen LogP contribution in [-0.2, 0) is 34.9 Å². The highest BCUT2D eigenvalue weighted by atomic mass is 35.5. The first-order valence-corrected chi connectivity index (χ1v) is 16.5. The third-order valence-electron chi connectivity index (χ3n) is 9.34. The van der Waals surface area contributed by atoms with Gasteiger partial charge in [0.1, 0.15) is 17.0 Å². The van der Waals surface area contributed by atoms with Crippen molar-refractivity contribution >= 4 is 45.9 Å². The second kappa shape index (κ2) is 12.3. The fourth-order valence-corrected chi connectivity index (χ4v) is 7.35. The molecule has 0 amide bonds. The minimum Gasteiger partial charge on any atom is -0.465 e. The van der Waals surface area contributed by atoms with Gasteiger partial charge in [0.2, 0.25) is 0 Å². The summed E-state index contributed by atoms with van der Waals surface area (Å²) in [6, 6.07) is 15.1. The van der Waals surface area contributed by atoms with E-state index in [4.69, 9.17) is 47.1 Å². The van der Waals surface area contributed by atoms with Crippen molar-refractivity contribution in [2.24, 2.45) is 0 Å². The Kier molecular flexibility index (Phi) is 7.91. The number of imidazole rings is 1. The minimum atomic E-state index is -1.08. The quantitative estimate of drug-likeness (QED) is 0.203. The van der Waals surface area contributed by atoms with Gasteiger partial charge in [-0.05, 0) is 42.5 Å². The molecule has 3 aromatic heterocycles. The molecule has 3 atom stereocenters. The fourth-order valence-electron chi connectivity index (χ4n) is 6.98. The van der Waals surface area contributed by atoms with Gasteiger partial charge in [-0.2, -0.15) is 5.10 Å². The molecule has 6 heterocycles. The largest absolute Gasteiger partial charge is 0.465 e. The Labute approximate surface area is 286 Å². The maximum Gasteiger partial charge on any atom is 0.337 e. The lowest BCUT2D eigenvalue weighted by Gasteiger charge is -2.44. The van der Waals surface area contributed by atoms with Crippen molar-refractivity contribution in [1.82, 2.24) is 29.2 Å². The molecule has 0 N–H and O–H groups in total. The predicted octanol–water partition coefficient (Wildman–Crippen LogP) is 5.16. The topological polar surface area (TPSA) is 109 Å². The SMILES string of the molecule is COC(=O)c1cc(Cl)c2nc(CN3CCN(c4cccc5c4OC(C)(c4ccc(Cl)cn4)O5)[C@@H]4COC[C@@H]43)n(CCn3cccn3)c2c1. The van der Waals surface area contributed by atoms with Crippen molar-refractivity contribution in [2.75, 3.05) is 38.3 Å². The van der Waals surface area contributed by atoms with E-state index in [1.165, 1.54) is 7.11 Å². The third kappa shape index (κ3) is 5.42. The van der Waals surface area contributed by atoms with Crippen molar-refractivity contribution in [3.8, 4) is 11.5 Å². The Morgan fingerprint density at radius 1 is 1.06 bits per heavy atom. The lowest BCUT2D eigenvalue weighted by atomic mass is 10.0. The number of hydrogen-bond acceptors (Lipinski definition) is 10. The molecule has 48 heavy (non-hydrogen) atoms. The third-order valence-corrected chi connectivity index (χ3v) is 9.86. The molecule has 3 aliphatic heterocycles. The minimum absolute atomic E-state index is 0.0748. The molecule has 2 fully saturated rings. The average Bonchev–Trinajstić information content (AvgIpc) is 3.90. The van der Waals surface area contributed by atoms with E-state index < -0.39 is 11.8 Å².